The van der Waals surface area contributed by atoms with Gasteiger partial charge < -0.3 is 15.2 Å². The van der Waals surface area contributed by atoms with Gasteiger partial charge in [0.15, 0.2) is 0 Å². The zero-order valence-electron chi connectivity index (χ0n) is 12.4. The summed E-state index contributed by atoms with van der Waals surface area (Å²) in [6, 6.07) is 9.84. The normalized spacial score (nSPS) is 15.5. The van der Waals surface area contributed by atoms with Crippen LogP contribution in [0.5, 0.6) is 0 Å². The molecule has 1 heterocycles. The molecule has 1 aliphatic rings. The molecule has 0 radical (unpaired) electrons. The van der Waals surface area contributed by atoms with E-state index in [2.05, 4.69) is 20.8 Å². The molecule has 1 amide bonds. The molecule has 0 spiro atoms. The maximum absolute atomic E-state index is 11.9. The molecule has 0 saturated heterocycles. The van der Waals surface area contributed by atoms with Gasteiger partial charge in [-0.1, -0.05) is 37.5 Å². The SMILES string of the molecule is O=C(CNc1noc(-c2ccccc2)n1)NC1CCCCC1. The van der Waals surface area contributed by atoms with Crippen molar-refractivity contribution in [3.63, 3.8) is 0 Å². The summed E-state index contributed by atoms with van der Waals surface area (Å²) in [5.74, 6) is 0.742. The van der Waals surface area contributed by atoms with Crippen molar-refractivity contribution >= 4 is 11.9 Å². The summed E-state index contributed by atoms with van der Waals surface area (Å²) in [6.07, 6.45) is 5.82. The van der Waals surface area contributed by atoms with Crippen LogP contribution < -0.4 is 10.6 Å². The summed E-state index contributed by atoms with van der Waals surface area (Å²) >= 11 is 0. The molecule has 0 bridgehead atoms. The average molecular weight is 300 g/mol. The predicted molar refractivity (Wildman–Crippen MR) is 83.2 cm³/mol. The molecule has 22 heavy (non-hydrogen) atoms. The number of aromatic nitrogens is 2. The van der Waals surface area contributed by atoms with Crippen LogP contribution >= 0.6 is 0 Å². The van der Waals surface area contributed by atoms with E-state index in [1.165, 1.54) is 19.3 Å². The van der Waals surface area contributed by atoms with Gasteiger partial charge in [0.05, 0.1) is 6.54 Å². The summed E-state index contributed by atoms with van der Waals surface area (Å²) in [5.41, 5.74) is 0.856. The lowest BCUT2D eigenvalue weighted by Crippen LogP contribution is -2.39. The van der Waals surface area contributed by atoms with Crippen molar-refractivity contribution in [2.45, 2.75) is 38.1 Å². The molecular weight excluding hydrogens is 280 g/mol. The number of hydrogen-bond acceptors (Lipinski definition) is 5. The van der Waals surface area contributed by atoms with Gasteiger partial charge in [-0.25, -0.2) is 0 Å². The molecule has 2 aromatic rings. The Morgan fingerprint density at radius 1 is 1.18 bits per heavy atom. The third-order valence-corrected chi connectivity index (χ3v) is 3.82. The second kappa shape index (κ2) is 7.06. The van der Waals surface area contributed by atoms with Crippen molar-refractivity contribution in [1.82, 2.24) is 15.5 Å². The van der Waals surface area contributed by atoms with Gasteiger partial charge in [0, 0.05) is 11.6 Å². The molecule has 0 aliphatic heterocycles. The first-order valence-corrected chi connectivity index (χ1v) is 7.73. The molecule has 116 valence electrons. The zero-order valence-corrected chi connectivity index (χ0v) is 12.4. The molecule has 1 fully saturated rings. The molecule has 6 heteroatoms. The largest absolute Gasteiger partial charge is 0.352 e. The van der Waals surface area contributed by atoms with Gasteiger partial charge in [0.25, 0.3) is 11.8 Å². The van der Waals surface area contributed by atoms with Crippen LogP contribution in [0.1, 0.15) is 32.1 Å². The number of benzene rings is 1. The molecule has 3 rings (SSSR count). The van der Waals surface area contributed by atoms with Crippen molar-refractivity contribution in [2.75, 3.05) is 11.9 Å². The highest BCUT2D eigenvalue weighted by molar-refractivity contribution is 5.80. The number of nitrogens with one attached hydrogen (secondary N) is 2. The highest BCUT2D eigenvalue weighted by Gasteiger charge is 2.16. The Labute approximate surface area is 129 Å². The fourth-order valence-corrected chi connectivity index (χ4v) is 2.68. The molecule has 0 atom stereocenters. The third-order valence-electron chi connectivity index (χ3n) is 3.82. The number of nitrogens with zero attached hydrogens (tertiary/aromatic N) is 2. The Morgan fingerprint density at radius 3 is 2.73 bits per heavy atom. The first-order chi connectivity index (χ1) is 10.8. The summed E-state index contributed by atoms with van der Waals surface area (Å²) in [6.45, 7) is 0.157. The first-order valence-electron chi connectivity index (χ1n) is 7.73. The van der Waals surface area contributed by atoms with E-state index >= 15 is 0 Å². The van der Waals surface area contributed by atoms with Crippen molar-refractivity contribution in [3.05, 3.63) is 30.3 Å². The van der Waals surface area contributed by atoms with Crippen LogP contribution in [0, 0.1) is 0 Å². The van der Waals surface area contributed by atoms with Crippen LogP contribution in [-0.2, 0) is 4.79 Å². The molecule has 1 aromatic carbocycles. The molecule has 2 N–H and O–H groups in total. The smallest absolute Gasteiger partial charge is 0.264 e. The minimum absolute atomic E-state index is 0.0297. The van der Waals surface area contributed by atoms with Gasteiger partial charge in [-0.2, -0.15) is 4.98 Å². The number of hydrogen-bond donors (Lipinski definition) is 2. The summed E-state index contributed by atoms with van der Waals surface area (Å²) in [4.78, 5) is 16.1. The van der Waals surface area contributed by atoms with E-state index in [-0.39, 0.29) is 12.5 Å². The van der Waals surface area contributed by atoms with Gasteiger partial charge in [-0.15, -0.1) is 0 Å². The topological polar surface area (TPSA) is 80.1 Å². The monoisotopic (exact) mass is 300 g/mol. The van der Waals surface area contributed by atoms with Crippen molar-refractivity contribution < 1.29 is 9.32 Å². The quantitative estimate of drug-likeness (QED) is 0.887. The Balaban J connectivity index is 1.49. The highest BCUT2D eigenvalue weighted by atomic mass is 16.5. The summed E-state index contributed by atoms with van der Waals surface area (Å²) in [5, 5.41) is 9.77. The predicted octanol–water partition coefficient (Wildman–Crippen LogP) is 2.60. The van der Waals surface area contributed by atoms with Crippen molar-refractivity contribution in [3.8, 4) is 11.5 Å². The molecule has 1 aromatic heterocycles. The summed E-state index contributed by atoms with van der Waals surface area (Å²) < 4.78 is 5.18. The van der Waals surface area contributed by atoms with Crippen LogP contribution in [0.4, 0.5) is 5.95 Å². The van der Waals surface area contributed by atoms with E-state index in [0.717, 1.165) is 18.4 Å². The van der Waals surface area contributed by atoms with E-state index in [4.69, 9.17) is 4.52 Å². The number of carbonyl (C=O) groups excluding carboxylic acids is 1. The number of rotatable bonds is 5. The Hall–Kier alpha value is -2.37. The lowest BCUT2D eigenvalue weighted by atomic mass is 9.95. The number of amides is 1. The standard InChI is InChI=1S/C16H20N4O2/c21-14(18-13-9-5-2-6-10-13)11-17-16-19-15(22-20-16)12-7-3-1-4-8-12/h1,3-4,7-8,13H,2,5-6,9-11H2,(H,17,20)(H,18,21). The van der Waals surface area contributed by atoms with E-state index in [9.17, 15) is 4.79 Å². The highest BCUT2D eigenvalue weighted by Crippen LogP contribution is 2.18. The van der Waals surface area contributed by atoms with Crippen molar-refractivity contribution in [1.29, 1.82) is 0 Å². The second-order valence-electron chi connectivity index (χ2n) is 5.55. The number of carbonyl (C=O) groups is 1. The van der Waals surface area contributed by atoms with Crippen LogP contribution in [0.15, 0.2) is 34.9 Å². The van der Waals surface area contributed by atoms with Gasteiger partial charge >= 0.3 is 0 Å². The Morgan fingerprint density at radius 2 is 1.95 bits per heavy atom. The van der Waals surface area contributed by atoms with Crippen molar-refractivity contribution in [2.24, 2.45) is 0 Å². The Kier molecular flexibility index (Phi) is 4.68. The van der Waals surface area contributed by atoms with E-state index in [0.29, 0.717) is 17.9 Å². The molecule has 1 saturated carbocycles. The van der Waals surface area contributed by atoms with Crippen LogP contribution in [0.2, 0.25) is 0 Å². The molecular formula is C16H20N4O2. The van der Waals surface area contributed by atoms with Gasteiger partial charge in [-0.3, -0.25) is 4.79 Å². The van der Waals surface area contributed by atoms with E-state index < -0.39 is 0 Å². The van der Waals surface area contributed by atoms with E-state index in [1.54, 1.807) is 0 Å². The maximum Gasteiger partial charge on any atom is 0.264 e. The maximum atomic E-state index is 11.9. The Bertz CT molecular complexity index is 606. The van der Waals surface area contributed by atoms with Crippen LogP contribution in [0.3, 0.4) is 0 Å². The molecule has 1 aliphatic carbocycles. The fourth-order valence-electron chi connectivity index (χ4n) is 2.68. The second-order valence-corrected chi connectivity index (χ2v) is 5.55. The zero-order chi connectivity index (χ0) is 15.2. The summed E-state index contributed by atoms with van der Waals surface area (Å²) in [7, 11) is 0. The first kappa shape index (κ1) is 14.6. The molecule has 6 nitrogen and oxygen atoms in total. The lowest BCUT2D eigenvalue weighted by molar-refractivity contribution is -0.120. The van der Waals surface area contributed by atoms with Crippen LogP contribution in [-0.4, -0.2) is 28.6 Å². The van der Waals surface area contributed by atoms with Gasteiger partial charge in [-0.05, 0) is 30.1 Å². The minimum atomic E-state index is -0.0297. The van der Waals surface area contributed by atoms with Gasteiger partial charge in [0.1, 0.15) is 0 Å². The number of anilines is 1. The average Bonchev–Trinajstić information content (AvgIpc) is 3.04. The van der Waals surface area contributed by atoms with E-state index in [1.807, 2.05) is 30.3 Å². The fraction of sp³-hybridized carbons (Fsp3) is 0.438. The molecule has 0 unspecified atom stereocenters. The minimum Gasteiger partial charge on any atom is -0.352 e. The van der Waals surface area contributed by atoms with Crippen LogP contribution in [0.25, 0.3) is 11.5 Å². The van der Waals surface area contributed by atoms with Gasteiger partial charge in [0.2, 0.25) is 5.91 Å². The lowest BCUT2D eigenvalue weighted by Gasteiger charge is -2.22. The third kappa shape index (κ3) is 3.84.